The number of hydrogen-bond acceptors (Lipinski definition) is 4. The molecule has 0 aromatic carbocycles. The first-order chi connectivity index (χ1) is 9.61. The van der Waals surface area contributed by atoms with Gasteiger partial charge in [-0.2, -0.15) is 4.98 Å². The highest BCUT2D eigenvalue weighted by atomic mass is 16.5. The molecule has 2 aliphatic carbocycles. The molecule has 4 atom stereocenters. The molecule has 3 rings (SSSR count). The Hall–Kier alpha value is -1.59. The van der Waals surface area contributed by atoms with E-state index in [-0.39, 0.29) is 18.6 Å². The summed E-state index contributed by atoms with van der Waals surface area (Å²) in [5.74, 6) is 3.38. The first-order valence-electron chi connectivity index (χ1n) is 7.45. The van der Waals surface area contributed by atoms with Crippen LogP contribution in [0.25, 0.3) is 0 Å². The minimum Gasteiger partial charge on any atom is -0.337 e. The second-order valence-corrected chi connectivity index (χ2v) is 6.19. The van der Waals surface area contributed by atoms with E-state index in [0.717, 1.165) is 11.8 Å². The van der Waals surface area contributed by atoms with Gasteiger partial charge in [0.15, 0.2) is 5.82 Å². The van der Waals surface area contributed by atoms with E-state index in [4.69, 9.17) is 4.52 Å². The number of aryl methyl sites for hydroxylation is 1. The Morgan fingerprint density at radius 1 is 1.45 bits per heavy atom. The second kappa shape index (κ2) is 5.42. The zero-order valence-corrected chi connectivity index (χ0v) is 12.1. The number of nitrogens with one attached hydrogen (secondary N) is 2. The Kier molecular flexibility index (Phi) is 3.63. The number of rotatable bonds is 4. The largest absolute Gasteiger partial charge is 0.337 e. The first kappa shape index (κ1) is 13.4. The van der Waals surface area contributed by atoms with Crippen LogP contribution >= 0.6 is 0 Å². The lowest BCUT2D eigenvalue weighted by Crippen LogP contribution is -2.45. The van der Waals surface area contributed by atoms with Crippen LogP contribution in [0.15, 0.2) is 4.52 Å². The van der Waals surface area contributed by atoms with Crippen molar-refractivity contribution < 1.29 is 9.32 Å². The summed E-state index contributed by atoms with van der Waals surface area (Å²) in [6.45, 7) is 4.14. The summed E-state index contributed by atoms with van der Waals surface area (Å²) in [5.41, 5.74) is 0. The van der Waals surface area contributed by atoms with Crippen LogP contribution in [0.4, 0.5) is 4.79 Å². The summed E-state index contributed by atoms with van der Waals surface area (Å²) in [6.07, 6.45) is 5.36. The van der Waals surface area contributed by atoms with Crippen molar-refractivity contribution in [1.82, 2.24) is 20.8 Å². The Balaban J connectivity index is 1.44. The van der Waals surface area contributed by atoms with Crippen molar-refractivity contribution in [2.24, 2.45) is 17.8 Å². The molecule has 2 aliphatic rings. The number of amides is 2. The maximum atomic E-state index is 11.9. The Morgan fingerprint density at radius 2 is 2.30 bits per heavy atom. The van der Waals surface area contributed by atoms with Gasteiger partial charge >= 0.3 is 6.03 Å². The van der Waals surface area contributed by atoms with Crippen LogP contribution in [0, 0.1) is 24.7 Å². The molecule has 0 saturated heterocycles. The molecule has 0 aliphatic heterocycles. The van der Waals surface area contributed by atoms with Crippen molar-refractivity contribution in [2.75, 3.05) is 0 Å². The number of fused-ring (bicyclic) bond motifs is 2. The van der Waals surface area contributed by atoms with Crippen LogP contribution in [0.1, 0.15) is 44.3 Å². The fourth-order valence-corrected chi connectivity index (χ4v) is 3.84. The zero-order chi connectivity index (χ0) is 14.1. The van der Waals surface area contributed by atoms with Gasteiger partial charge in [0.2, 0.25) is 5.89 Å². The Labute approximate surface area is 118 Å². The highest BCUT2D eigenvalue weighted by molar-refractivity contribution is 5.74. The lowest BCUT2D eigenvalue weighted by atomic mass is 9.84. The SMILES string of the molecule is Cc1noc(CNC(=O)N[C@@H](C)[C@@H]2C[C@H]3CC[C@H]2C3)n1. The number of urea groups is 1. The van der Waals surface area contributed by atoms with Gasteiger partial charge in [0.1, 0.15) is 0 Å². The molecule has 2 fully saturated rings. The van der Waals surface area contributed by atoms with Gasteiger partial charge in [-0.25, -0.2) is 4.79 Å². The molecule has 2 N–H and O–H groups in total. The summed E-state index contributed by atoms with van der Waals surface area (Å²) < 4.78 is 4.96. The molecule has 20 heavy (non-hydrogen) atoms. The van der Waals surface area contributed by atoms with Crippen molar-refractivity contribution in [1.29, 1.82) is 0 Å². The van der Waals surface area contributed by atoms with Gasteiger partial charge in [0.25, 0.3) is 0 Å². The molecule has 0 unspecified atom stereocenters. The average Bonchev–Trinajstić information content (AvgIpc) is 3.12. The molecule has 0 spiro atoms. The third-order valence-corrected chi connectivity index (χ3v) is 4.76. The number of hydrogen-bond donors (Lipinski definition) is 2. The van der Waals surface area contributed by atoms with Crippen LogP contribution in [0.2, 0.25) is 0 Å². The smallest absolute Gasteiger partial charge is 0.315 e. The highest BCUT2D eigenvalue weighted by Gasteiger charge is 2.42. The molecule has 2 amide bonds. The molecule has 2 saturated carbocycles. The summed E-state index contributed by atoms with van der Waals surface area (Å²) >= 11 is 0. The molecule has 1 aromatic rings. The fourth-order valence-electron chi connectivity index (χ4n) is 3.84. The molecule has 6 heteroatoms. The standard InChI is InChI=1S/C14H22N4O2/c1-8(12-6-10-3-4-11(12)5-10)16-14(19)15-7-13-17-9(2)18-20-13/h8,10-12H,3-7H2,1-2H3,(H2,15,16,19)/t8-,10-,11-,12-/m0/s1. The van der Waals surface area contributed by atoms with Crippen LogP contribution < -0.4 is 10.6 Å². The minimum atomic E-state index is -0.156. The molecule has 1 aromatic heterocycles. The third-order valence-electron chi connectivity index (χ3n) is 4.76. The Morgan fingerprint density at radius 3 is 2.90 bits per heavy atom. The molecule has 6 nitrogen and oxygen atoms in total. The van der Waals surface area contributed by atoms with E-state index in [9.17, 15) is 4.79 Å². The zero-order valence-electron chi connectivity index (χ0n) is 12.1. The Bertz CT molecular complexity index is 487. The second-order valence-electron chi connectivity index (χ2n) is 6.19. The number of aromatic nitrogens is 2. The average molecular weight is 278 g/mol. The summed E-state index contributed by atoms with van der Waals surface area (Å²) in [4.78, 5) is 15.9. The maximum absolute atomic E-state index is 11.9. The van der Waals surface area contributed by atoms with E-state index >= 15 is 0 Å². The van der Waals surface area contributed by atoms with E-state index < -0.39 is 0 Å². The summed E-state index contributed by atoms with van der Waals surface area (Å²) in [6, 6.07) is 0.0749. The summed E-state index contributed by atoms with van der Waals surface area (Å²) in [5, 5.41) is 9.49. The van der Waals surface area contributed by atoms with Crippen molar-refractivity contribution in [3.63, 3.8) is 0 Å². The lowest BCUT2D eigenvalue weighted by molar-refractivity contribution is 0.218. The van der Waals surface area contributed by atoms with Crippen molar-refractivity contribution in [2.45, 2.75) is 52.1 Å². The molecule has 110 valence electrons. The first-order valence-corrected chi connectivity index (χ1v) is 7.45. The molecule has 2 bridgehead atoms. The predicted molar refractivity (Wildman–Crippen MR) is 72.8 cm³/mol. The normalized spacial score (nSPS) is 29.4. The molecular weight excluding hydrogens is 256 g/mol. The highest BCUT2D eigenvalue weighted by Crippen LogP contribution is 2.49. The van der Waals surface area contributed by atoms with Gasteiger partial charge in [-0.15, -0.1) is 0 Å². The quantitative estimate of drug-likeness (QED) is 0.882. The van der Waals surface area contributed by atoms with Crippen LogP contribution in [0.3, 0.4) is 0 Å². The van der Waals surface area contributed by atoms with Gasteiger partial charge in [-0.3, -0.25) is 0 Å². The summed E-state index contributed by atoms with van der Waals surface area (Å²) in [7, 11) is 0. The number of nitrogens with zero attached hydrogens (tertiary/aromatic N) is 2. The van der Waals surface area contributed by atoms with Gasteiger partial charge < -0.3 is 15.2 Å². The van der Waals surface area contributed by atoms with Gasteiger partial charge in [-0.05, 0) is 50.9 Å². The van der Waals surface area contributed by atoms with Gasteiger partial charge in [0.05, 0.1) is 6.54 Å². The fraction of sp³-hybridized carbons (Fsp3) is 0.786. The third kappa shape index (κ3) is 2.78. The van der Waals surface area contributed by atoms with E-state index in [1.54, 1.807) is 6.92 Å². The molecular formula is C14H22N4O2. The number of carbonyl (C=O) groups excluding carboxylic acids is 1. The van der Waals surface area contributed by atoms with E-state index in [0.29, 0.717) is 17.6 Å². The van der Waals surface area contributed by atoms with Crippen molar-refractivity contribution in [3.8, 4) is 0 Å². The lowest BCUT2D eigenvalue weighted by Gasteiger charge is -2.28. The maximum Gasteiger partial charge on any atom is 0.315 e. The monoisotopic (exact) mass is 278 g/mol. The van der Waals surface area contributed by atoms with Gasteiger partial charge in [-0.1, -0.05) is 11.6 Å². The van der Waals surface area contributed by atoms with E-state index in [1.807, 2.05) is 0 Å². The van der Waals surface area contributed by atoms with E-state index in [1.165, 1.54) is 25.7 Å². The minimum absolute atomic E-state index is 0.156. The van der Waals surface area contributed by atoms with Crippen LogP contribution in [-0.2, 0) is 6.54 Å². The molecule has 0 radical (unpaired) electrons. The van der Waals surface area contributed by atoms with Gasteiger partial charge in [0, 0.05) is 6.04 Å². The van der Waals surface area contributed by atoms with Crippen LogP contribution in [-0.4, -0.2) is 22.2 Å². The van der Waals surface area contributed by atoms with E-state index in [2.05, 4.69) is 27.7 Å². The number of carbonyl (C=O) groups is 1. The van der Waals surface area contributed by atoms with Crippen molar-refractivity contribution >= 4 is 6.03 Å². The predicted octanol–water partition coefficient (Wildman–Crippen LogP) is 2.00. The topological polar surface area (TPSA) is 80.0 Å². The van der Waals surface area contributed by atoms with Crippen molar-refractivity contribution in [3.05, 3.63) is 11.7 Å². The molecule has 1 heterocycles. The van der Waals surface area contributed by atoms with Crippen LogP contribution in [0.5, 0.6) is 0 Å².